The van der Waals surface area contributed by atoms with Crippen LogP contribution in [-0.4, -0.2) is 13.4 Å². The van der Waals surface area contributed by atoms with Gasteiger partial charge in [0, 0.05) is 23.0 Å². The predicted octanol–water partition coefficient (Wildman–Crippen LogP) is 3.24. The number of hydrogen-bond acceptors (Lipinski definition) is 3. The summed E-state index contributed by atoms with van der Waals surface area (Å²) >= 11 is 0. The molecule has 3 rings (SSSR count). The average Bonchev–Trinajstić information content (AvgIpc) is 2.55. The molecule has 136 valence electrons. The Bertz CT molecular complexity index is 1160. The van der Waals surface area contributed by atoms with E-state index in [1.165, 1.54) is 0 Å². The summed E-state index contributed by atoms with van der Waals surface area (Å²) in [4.78, 5) is 15.4. The first kappa shape index (κ1) is 18.4. The molecule has 0 amide bonds. The molecule has 5 nitrogen and oxygen atoms in total. The van der Waals surface area contributed by atoms with Crippen molar-refractivity contribution in [1.82, 2.24) is 9.71 Å². The van der Waals surface area contributed by atoms with E-state index in [4.69, 9.17) is 0 Å². The van der Waals surface area contributed by atoms with Crippen LogP contribution in [0.15, 0.2) is 46.1 Å². The Kier molecular flexibility index (Phi) is 4.73. The Morgan fingerprint density at radius 1 is 0.923 bits per heavy atom. The zero-order chi connectivity index (χ0) is 19.1. The minimum absolute atomic E-state index is 0.0617. The number of benzene rings is 2. The van der Waals surface area contributed by atoms with Crippen molar-refractivity contribution in [3.05, 3.63) is 74.6 Å². The van der Waals surface area contributed by atoms with Gasteiger partial charge in [-0.15, -0.1) is 0 Å². The summed E-state index contributed by atoms with van der Waals surface area (Å²) in [7, 11) is -3.69. The van der Waals surface area contributed by atoms with E-state index in [9.17, 15) is 13.2 Å². The monoisotopic (exact) mass is 370 g/mol. The fraction of sp³-hybridized carbons (Fsp3) is 0.250. The summed E-state index contributed by atoms with van der Waals surface area (Å²) in [6.45, 7) is 7.67. The van der Waals surface area contributed by atoms with Crippen molar-refractivity contribution in [2.45, 2.75) is 39.1 Å². The number of pyridine rings is 1. The van der Waals surface area contributed by atoms with E-state index in [0.717, 1.165) is 33.2 Å². The first-order chi connectivity index (χ1) is 12.2. The number of rotatable bonds is 4. The number of sulfonamides is 1. The van der Waals surface area contributed by atoms with Crippen LogP contribution in [0.4, 0.5) is 0 Å². The maximum Gasteiger partial charge on any atom is 0.252 e. The fourth-order valence-corrected chi connectivity index (χ4v) is 4.08. The number of H-pyrrole nitrogens is 1. The van der Waals surface area contributed by atoms with Gasteiger partial charge in [0.1, 0.15) is 0 Å². The zero-order valence-electron chi connectivity index (χ0n) is 15.3. The normalized spacial score (nSPS) is 11.8. The van der Waals surface area contributed by atoms with Crippen molar-refractivity contribution >= 4 is 20.9 Å². The van der Waals surface area contributed by atoms with Gasteiger partial charge in [0.15, 0.2) is 0 Å². The molecule has 0 fully saturated rings. The van der Waals surface area contributed by atoms with Crippen LogP contribution in [-0.2, 0) is 16.6 Å². The van der Waals surface area contributed by atoms with E-state index in [1.54, 1.807) is 24.3 Å². The van der Waals surface area contributed by atoms with Crippen LogP contribution in [0.25, 0.3) is 10.9 Å². The Morgan fingerprint density at radius 3 is 2.35 bits per heavy atom. The maximum atomic E-state index is 12.5. The maximum absolute atomic E-state index is 12.5. The van der Waals surface area contributed by atoms with Crippen LogP contribution in [0.3, 0.4) is 0 Å². The van der Waals surface area contributed by atoms with E-state index >= 15 is 0 Å². The molecule has 1 aromatic heterocycles. The van der Waals surface area contributed by atoms with Crippen molar-refractivity contribution in [3.63, 3.8) is 0 Å². The number of nitrogens with one attached hydrogen (secondary N) is 2. The minimum Gasteiger partial charge on any atom is -0.322 e. The SMILES string of the molecule is Cc1cc(C)c2cc(CNS(=O)(=O)c3ccc(C)c(C)c3)c(=O)[nH]c2c1. The lowest BCUT2D eigenvalue weighted by molar-refractivity contribution is 0.581. The second-order valence-electron chi connectivity index (χ2n) is 6.74. The quantitative estimate of drug-likeness (QED) is 0.740. The third-order valence-electron chi connectivity index (χ3n) is 4.63. The molecule has 0 atom stereocenters. The second-order valence-corrected chi connectivity index (χ2v) is 8.50. The summed E-state index contributed by atoms with van der Waals surface area (Å²) in [5.41, 5.74) is 4.89. The van der Waals surface area contributed by atoms with Gasteiger partial charge in [-0.3, -0.25) is 4.79 Å². The van der Waals surface area contributed by atoms with Gasteiger partial charge >= 0.3 is 0 Å². The molecule has 0 saturated heterocycles. The van der Waals surface area contributed by atoms with Gasteiger partial charge in [0.25, 0.3) is 5.56 Å². The molecule has 0 bridgehead atoms. The minimum atomic E-state index is -3.69. The van der Waals surface area contributed by atoms with E-state index in [1.807, 2.05) is 39.8 Å². The highest BCUT2D eigenvalue weighted by atomic mass is 32.2. The summed E-state index contributed by atoms with van der Waals surface area (Å²) in [5, 5.41) is 0.913. The van der Waals surface area contributed by atoms with Crippen molar-refractivity contribution in [2.24, 2.45) is 0 Å². The smallest absolute Gasteiger partial charge is 0.252 e. The van der Waals surface area contributed by atoms with Gasteiger partial charge in [0.05, 0.1) is 4.90 Å². The number of fused-ring (bicyclic) bond motifs is 1. The molecule has 0 saturated carbocycles. The third-order valence-corrected chi connectivity index (χ3v) is 6.03. The topological polar surface area (TPSA) is 79.0 Å². The lowest BCUT2D eigenvalue weighted by atomic mass is 10.0. The molecule has 1 heterocycles. The van der Waals surface area contributed by atoms with E-state index in [0.29, 0.717) is 5.56 Å². The van der Waals surface area contributed by atoms with Crippen molar-refractivity contribution in [3.8, 4) is 0 Å². The van der Waals surface area contributed by atoms with Crippen LogP contribution in [0, 0.1) is 27.7 Å². The number of aryl methyl sites for hydroxylation is 4. The molecule has 0 unspecified atom stereocenters. The average molecular weight is 370 g/mol. The third kappa shape index (κ3) is 3.57. The molecule has 2 N–H and O–H groups in total. The van der Waals surface area contributed by atoms with Crippen molar-refractivity contribution in [1.29, 1.82) is 0 Å². The largest absolute Gasteiger partial charge is 0.322 e. The summed E-state index contributed by atoms with van der Waals surface area (Å²) < 4.78 is 27.6. The molecule has 0 aliphatic carbocycles. The van der Waals surface area contributed by atoms with Crippen LogP contribution in [0.5, 0.6) is 0 Å². The zero-order valence-corrected chi connectivity index (χ0v) is 16.1. The van der Waals surface area contributed by atoms with E-state index < -0.39 is 10.0 Å². The lowest BCUT2D eigenvalue weighted by Gasteiger charge is -2.10. The molecule has 2 aromatic carbocycles. The molecular weight excluding hydrogens is 348 g/mol. The molecule has 0 radical (unpaired) electrons. The number of hydrogen-bond donors (Lipinski definition) is 2. The number of aromatic nitrogens is 1. The Balaban J connectivity index is 1.92. The first-order valence-corrected chi connectivity index (χ1v) is 9.86. The highest BCUT2D eigenvalue weighted by molar-refractivity contribution is 7.89. The predicted molar refractivity (Wildman–Crippen MR) is 104 cm³/mol. The Labute approximate surface area is 153 Å². The molecular formula is C20H22N2O3S. The van der Waals surface area contributed by atoms with Gasteiger partial charge in [-0.1, -0.05) is 12.1 Å². The first-order valence-electron chi connectivity index (χ1n) is 8.37. The molecule has 3 aromatic rings. The molecule has 26 heavy (non-hydrogen) atoms. The van der Waals surface area contributed by atoms with Crippen LogP contribution >= 0.6 is 0 Å². The standard InChI is InChI=1S/C20H22N2O3S/c1-12-7-15(4)18-10-16(20(23)22-19(18)8-12)11-21-26(24,25)17-6-5-13(2)14(3)9-17/h5-10,21H,11H2,1-4H3,(H,22,23). The van der Waals surface area contributed by atoms with Gasteiger partial charge in [0.2, 0.25) is 10.0 Å². The van der Waals surface area contributed by atoms with E-state index in [2.05, 4.69) is 9.71 Å². The highest BCUT2D eigenvalue weighted by Gasteiger charge is 2.16. The second kappa shape index (κ2) is 6.70. The Morgan fingerprint density at radius 2 is 1.65 bits per heavy atom. The van der Waals surface area contributed by atoms with Gasteiger partial charge in [-0.25, -0.2) is 13.1 Å². The van der Waals surface area contributed by atoms with Crippen molar-refractivity contribution < 1.29 is 8.42 Å². The Hall–Kier alpha value is -2.44. The van der Waals surface area contributed by atoms with Crippen LogP contribution in [0.1, 0.15) is 27.8 Å². The molecule has 0 aliphatic rings. The fourth-order valence-electron chi connectivity index (χ4n) is 2.98. The molecule has 0 spiro atoms. The van der Waals surface area contributed by atoms with Crippen molar-refractivity contribution in [2.75, 3.05) is 0 Å². The summed E-state index contributed by atoms with van der Waals surface area (Å²) in [6.07, 6.45) is 0. The summed E-state index contributed by atoms with van der Waals surface area (Å²) in [5.74, 6) is 0. The van der Waals surface area contributed by atoms with Crippen LogP contribution < -0.4 is 10.3 Å². The van der Waals surface area contributed by atoms with E-state index in [-0.39, 0.29) is 17.0 Å². The summed E-state index contributed by atoms with van der Waals surface area (Å²) in [6, 6.07) is 10.7. The van der Waals surface area contributed by atoms with Gasteiger partial charge in [-0.2, -0.15) is 0 Å². The lowest BCUT2D eigenvalue weighted by Crippen LogP contribution is -2.27. The van der Waals surface area contributed by atoms with Gasteiger partial charge < -0.3 is 4.98 Å². The van der Waals surface area contributed by atoms with Crippen LogP contribution in [0.2, 0.25) is 0 Å². The molecule has 6 heteroatoms. The van der Waals surface area contributed by atoms with Gasteiger partial charge in [-0.05, 0) is 74.2 Å². The molecule has 0 aliphatic heterocycles. The highest BCUT2D eigenvalue weighted by Crippen LogP contribution is 2.19. The number of aromatic amines is 1.